The first-order valence-corrected chi connectivity index (χ1v) is 6.79. The van der Waals surface area contributed by atoms with Crippen LogP contribution in [0.4, 0.5) is 0 Å². The maximum absolute atomic E-state index is 11.8. The molecule has 0 atom stereocenters. The van der Waals surface area contributed by atoms with Gasteiger partial charge in [-0.1, -0.05) is 17.7 Å². The monoisotopic (exact) mass is 263 g/mol. The molecule has 0 bridgehead atoms. The minimum atomic E-state index is -0.234. The number of rotatable bonds is 5. The maximum Gasteiger partial charge on any atom is 0.338 e. The van der Waals surface area contributed by atoms with Crippen molar-refractivity contribution in [2.75, 3.05) is 39.5 Å². The molecular weight excluding hydrogens is 242 g/mol. The standard InChI is InChI=1S/C15H21NO3/c1-13-3-5-14(6-4-13)15(17)19-10-2-7-16-8-11-18-12-9-16/h3-6H,2,7-12H2,1H3. The van der Waals surface area contributed by atoms with E-state index in [4.69, 9.17) is 9.47 Å². The summed E-state index contributed by atoms with van der Waals surface area (Å²) in [5.74, 6) is -0.234. The van der Waals surface area contributed by atoms with Crippen LogP contribution in [0.3, 0.4) is 0 Å². The number of morpholine rings is 1. The molecule has 0 saturated carbocycles. The van der Waals surface area contributed by atoms with Crippen LogP contribution < -0.4 is 0 Å². The molecule has 0 spiro atoms. The van der Waals surface area contributed by atoms with Crippen molar-refractivity contribution < 1.29 is 14.3 Å². The zero-order valence-electron chi connectivity index (χ0n) is 11.4. The molecule has 4 nitrogen and oxygen atoms in total. The molecule has 0 aliphatic carbocycles. The predicted molar refractivity (Wildman–Crippen MR) is 73.3 cm³/mol. The van der Waals surface area contributed by atoms with Crippen molar-refractivity contribution in [1.29, 1.82) is 0 Å². The van der Waals surface area contributed by atoms with Gasteiger partial charge in [-0.05, 0) is 25.5 Å². The molecule has 0 amide bonds. The van der Waals surface area contributed by atoms with Gasteiger partial charge < -0.3 is 9.47 Å². The summed E-state index contributed by atoms with van der Waals surface area (Å²) in [4.78, 5) is 14.1. The van der Waals surface area contributed by atoms with Gasteiger partial charge in [-0.3, -0.25) is 4.90 Å². The molecule has 0 radical (unpaired) electrons. The summed E-state index contributed by atoms with van der Waals surface area (Å²) in [6, 6.07) is 7.45. The number of carbonyl (C=O) groups excluding carboxylic acids is 1. The highest BCUT2D eigenvalue weighted by Gasteiger charge is 2.10. The van der Waals surface area contributed by atoms with Crippen LogP contribution in [0, 0.1) is 6.92 Å². The molecule has 0 aromatic heterocycles. The van der Waals surface area contributed by atoms with E-state index in [9.17, 15) is 4.79 Å². The van der Waals surface area contributed by atoms with Crippen molar-refractivity contribution in [2.24, 2.45) is 0 Å². The normalized spacial score (nSPS) is 16.3. The van der Waals surface area contributed by atoms with Gasteiger partial charge in [-0.25, -0.2) is 4.79 Å². The number of carbonyl (C=O) groups is 1. The van der Waals surface area contributed by atoms with Crippen LogP contribution in [0.1, 0.15) is 22.3 Å². The summed E-state index contributed by atoms with van der Waals surface area (Å²) in [5, 5.41) is 0. The summed E-state index contributed by atoms with van der Waals surface area (Å²) in [6.45, 7) is 7.01. The average Bonchev–Trinajstić information content (AvgIpc) is 2.45. The van der Waals surface area contributed by atoms with E-state index >= 15 is 0 Å². The molecule has 1 heterocycles. The average molecular weight is 263 g/mol. The molecule has 1 aliphatic rings. The van der Waals surface area contributed by atoms with Gasteiger partial charge in [0.15, 0.2) is 0 Å². The highest BCUT2D eigenvalue weighted by molar-refractivity contribution is 5.89. The number of hydrogen-bond acceptors (Lipinski definition) is 4. The first-order valence-electron chi connectivity index (χ1n) is 6.79. The van der Waals surface area contributed by atoms with Gasteiger partial charge in [0.2, 0.25) is 0 Å². The Kier molecular flexibility index (Phi) is 5.36. The second-order valence-corrected chi connectivity index (χ2v) is 4.81. The lowest BCUT2D eigenvalue weighted by Crippen LogP contribution is -2.37. The molecule has 104 valence electrons. The predicted octanol–water partition coefficient (Wildman–Crippen LogP) is 1.87. The molecule has 19 heavy (non-hydrogen) atoms. The van der Waals surface area contributed by atoms with E-state index in [1.165, 1.54) is 0 Å². The van der Waals surface area contributed by atoms with Crippen LogP contribution in [0.25, 0.3) is 0 Å². The minimum absolute atomic E-state index is 0.234. The third-order valence-corrected chi connectivity index (χ3v) is 3.24. The highest BCUT2D eigenvalue weighted by Crippen LogP contribution is 2.05. The Morgan fingerprint density at radius 1 is 1.26 bits per heavy atom. The number of benzene rings is 1. The zero-order chi connectivity index (χ0) is 13.5. The van der Waals surface area contributed by atoms with Crippen molar-refractivity contribution in [3.63, 3.8) is 0 Å². The first-order chi connectivity index (χ1) is 9.25. The van der Waals surface area contributed by atoms with E-state index in [-0.39, 0.29) is 5.97 Å². The Balaban J connectivity index is 1.64. The fraction of sp³-hybridized carbons (Fsp3) is 0.533. The number of esters is 1. The van der Waals surface area contributed by atoms with Gasteiger partial charge in [0, 0.05) is 19.6 Å². The van der Waals surface area contributed by atoms with Crippen molar-refractivity contribution in [2.45, 2.75) is 13.3 Å². The number of nitrogens with zero attached hydrogens (tertiary/aromatic N) is 1. The molecule has 1 fully saturated rings. The fourth-order valence-corrected chi connectivity index (χ4v) is 2.05. The quantitative estimate of drug-likeness (QED) is 0.600. The third-order valence-electron chi connectivity index (χ3n) is 3.24. The topological polar surface area (TPSA) is 38.8 Å². The van der Waals surface area contributed by atoms with Crippen LogP contribution >= 0.6 is 0 Å². The molecule has 0 unspecified atom stereocenters. The largest absolute Gasteiger partial charge is 0.462 e. The first kappa shape index (κ1) is 14.0. The summed E-state index contributed by atoms with van der Waals surface area (Å²) in [7, 11) is 0. The van der Waals surface area contributed by atoms with Gasteiger partial charge >= 0.3 is 5.97 Å². The van der Waals surface area contributed by atoms with Crippen LogP contribution in [0.5, 0.6) is 0 Å². The van der Waals surface area contributed by atoms with E-state index in [1.807, 2.05) is 19.1 Å². The Bertz CT molecular complexity index is 396. The Labute approximate surface area is 114 Å². The maximum atomic E-state index is 11.8. The lowest BCUT2D eigenvalue weighted by Gasteiger charge is -2.26. The summed E-state index contributed by atoms with van der Waals surface area (Å²) < 4.78 is 10.5. The van der Waals surface area contributed by atoms with Gasteiger partial charge in [-0.15, -0.1) is 0 Å². The van der Waals surface area contributed by atoms with Crippen LogP contribution in [-0.2, 0) is 9.47 Å². The summed E-state index contributed by atoms with van der Waals surface area (Å²) in [6.07, 6.45) is 0.873. The Morgan fingerprint density at radius 3 is 2.63 bits per heavy atom. The van der Waals surface area contributed by atoms with E-state index in [0.29, 0.717) is 12.2 Å². The number of aryl methyl sites for hydroxylation is 1. The smallest absolute Gasteiger partial charge is 0.338 e. The van der Waals surface area contributed by atoms with Gasteiger partial charge in [0.1, 0.15) is 0 Å². The Morgan fingerprint density at radius 2 is 1.95 bits per heavy atom. The zero-order valence-corrected chi connectivity index (χ0v) is 11.4. The summed E-state index contributed by atoms with van der Waals surface area (Å²) >= 11 is 0. The number of ether oxygens (including phenoxy) is 2. The van der Waals surface area contributed by atoms with E-state index in [2.05, 4.69) is 4.90 Å². The van der Waals surface area contributed by atoms with Gasteiger partial charge in [0.25, 0.3) is 0 Å². The second kappa shape index (κ2) is 7.26. The molecular formula is C15H21NO3. The SMILES string of the molecule is Cc1ccc(C(=O)OCCCN2CCOCC2)cc1. The molecule has 0 N–H and O–H groups in total. The molecule has 1 saturated heterocycles. The highest BCUT2D eigenvalue weighted by atomic mass is 16.5. The lowest BCUT2D eigenvalue weighted by molar-refractivity contribution is 0.0298. The van der Waals surface area contributed by atoms with Crippen LogP contribution in [0.15, 0.2) is 24.3 Å². The van der Waals surface area contributed by atoms with Crippen molar-refractivity contribution >= 4 is 5.97 Å². The lowest BCUT2D eigenvalue weighted by atomic mass is 10.1. The van der Waals surface area contributed by atoms with Crippen molar-refractivity contribution in [3.8, 4) is 0 Å². The molecule has 4 heteroatoms. The Hall–Kier alpha value is -1.39. The molecule has 1 aliphatic heterocycles. The van der Waals surface area contributed by atoms with Crippen molar-refractivity contribution in [1.82, 2.24) is 4.90 Å². The van der Waals surface area contributed by atoms with Crippen LogP contribution in [-0.4, -0.2) is 50.3 Å². The second-order valence-electron chi connectivity index (χ2n) is 4.81. The molecule has 1 aromatic carbocycles. The van der Waals surface area contributed by atoms with E-state index in [1.54, 1.807) is 12.1 Å². The van der Waals surface area contributed by atoms with Gasteiger partial charge in [0.05, 0.1) is 25.4 Å². The van der Waals surface area contributed by atoms with E-state index < -0.39 is 0 Å². The van der Waals surface area contributed by atoms with E-state index in [0.717, 1.165) is 44.8 Å². The number of hydrogen-bond donors (Lipinski definition) is 0. The molecule has 1 aromatic rings. The summed E-state index contributed by atoms with van der Waals surface area (Å²) in [5.41, 5.74) is 1.76. The minimum Gasteiger partial charge on any atom is -0.462 e. The van der Waals surface area contributed by atoms with Gasteiger partial charge in [-0.2, -0.15) is 0 Å². The fourth-order valence-electron chi connectivity index (χ4n) is 2.05. The van der Waals surface area contributed by atoms with Crippen LogP contribution in [0.2, 0.25) is 0 Å². The molecule has 2 rings (SSSR count). The third kappa shape index (κ3) is 4.65. The van der Waals surface area contributed by atoms with Crippen molar-refractivity contribution in [3.05, 3.63) is 35.4 Å².